The van der Waals surface area contributed by atoms with Gasteiger partial charge in [0.15, 0.2) is 11.5 Å². The molecule has 1 saturated heterocycles. The van der Waals surface area contributed by atoms with Crippen LogP contribution in [0.4, 0.5) is 11.4 Å². The number of pyridine rings is 1. The van der Waals surface area contributed by atoms with E-state index in [9.17, 15) is 14.4 Å². The molecular formula is C30H30N4O5. The second-order valence-corrected chi connectivity index (χ2v) is 10.1. The maximum Gasteiger partial charge on any atom is 0.251 e. The minimum absolute atomic E-state index is 0.0455. The second kappa shape index (κ2) is 10.3. The van der Waals surface area contributed by atoms with Gasteiger partial charge in [0.1, 0.15) is 0 Å². The fourth-order valence-electron chi connectivity index (χ4n) is 5.77. The highest BCUT2D eigenvalue weighted by Gasteiger charge is 2.35. The Balaban J connectivity index is 1.27. The lowest BCUT2D eigenvalue weighted by Crippen LogP contribution is -2.47. The van der Waals surface area contributed by atoms with Gasteiger partial charge in [0, 0.05) is 55.5 Å². The quantitative estimate of drug-likeness (QED) is 0.476. The van der Waals surface area contributed by atoms with Crippen molar-refractivity contribution in [1.29, 1.82) is 0 Å². The summed E-state index contributed by atoms with van der Waals surface area (Å²) in [6, 6.07) is 16.4. The zero-order valence-corrected chi connectivity index (χ0v) is 21.7. The first-order valence-electron chi connectivity index (χ1n) is 13.2. The Kier molecular flexibility index (Phi) is 6.56. The monoisotopic (exact) mass is 526 g/mol. The lowest BCUT2D eigenvalue weighted by atomic mass is 9.83. The number of aromatic nitrogens is 1. The van der Waals surface area contributed by atoms with Gasteiger partial charge in [-0.15, -0.1) is 0 Å². The highest BCUT2D eigenvalue weighted by Crippen LogP contribution is 2.39. The average molecular weight is 527 g/mol. The minimum atomic E-state index is -0.309. The molecule has 0 unspecified atom stereocenters. The largest absolute Gasteiger partial charge is 0.454 e. The Hall–Kier alpha value is -4.53. The Morgan fingerprint density at radius 1 is 1.03 bits per heavy atom. The third-order valence-corrected chi connectivity index (χ3v) is 7.50. The van der Waals surface area contributed by atoms with Crippen LogP contribution in [0.25, 0.3) is 6.08 Å². The molecule has 2 N–H and O–H groups in total. The van der Waals surface area contributed by atoms with Gasteiger partial charge in [-0.25, -0.2) is 0 Å². The van der Waals surface area contributed by atoms with Gasteiger partial charge < -0.3 is 29.6 Å². The SMILES string of the molecule is CCNC(=O)c1ccc(N2C[C@@H]3C[C@H](C2)c2cccc(=O)n2C3)c(NC(=O)/C=C/c2ccc3c(c2)OCO3)c1. The van der Waals surface area contributed by atoms with Crippen molar-refractivity contribution < 1.29 is 19.1 Å². The van der Waals surface area contributed by atoms with Crippen molar-refractivity contribution in [2.75, 3.05) is 36.6 Å². The number of hydrogen-bond acceptors (Lipinski definition) is 6. The number of piperidine rings is 1. The van der Waals surface area contributed by atoms with Crippen molar-refractivity contribution >= 4 is 29.3 Å². The standard InChI is InChI=1S/C30H30N4O5/c1-2-31-30(37)21-8-9-25(33-15-20-12-22(17-33)24-4-3-5-29(36)34(24)16-20)23(14-21)32-28(35)11-7-19-6-10-26-27(13-19)39-18-38-26/h3-11,13-14,20,22H,2,12,15-18H2,1H3,(H,31,37)(H,32,35)/b11-7+/t20-,22+/m0/s1. The fourth-order valence-corrected chi connectivity index (χ4v) is 5.77. The van der Waals surface area contributed by atoms with E-state index in [-0.39, 0.29) is 30.1 Å². The number of nitrogens with one attached hydrogen (secondary N) is 2. The molecule has 9 heteroatoms. The number of benzene rings is 2. The molecule has 1 aromatic heterocycles. The van der Waals surface area contributed by atoms with Gasteiger partial charge in [0.05, 0.1) is 11.4 Å². The molecular weight excluding hydrogens is 496 g/mol. The molecule has 2 atom stereocenters. The van der Waals surface area contributed by atoms with E-state index in [0.717, 1.165) is 36.5 Å². The summed E-state index contributed by atoms with van der Waals surface area (Å²) < 4.78 is 12.7. The molecule has 0 radical (unpaired) electrons. The van der Waals surface area contributed by atoms with Crippen LogP contribution in [0.3, 0.4) is 0 Å². The molecule has 3 aliphatic heterocycles. The lowest BCUT2D eigenvalue weighted by molar-refractivity contribution is -0.111. The van der Waals surface area contributed by atoms with Gasteiger partial charge in [0.2, 0.25) is 12.7 Å². The number of ether oxygens (including phenoxy) is 2. The van der Waals surface area contributed by atoms with Gasteiger partial charge in [-0.3, -0.25) is 14.4 Å². The van der Waals surface area contributed by atoms with Crippen LogP contribution < -0.4 is 30.6 Å². The van der Waals surface area contributed by atoms with Crippen LogP contribution in [-0.2, 0) is 11.3 Å². The molecule has 3 aliphatic rings. The van der Waals surface area contributed by atoms with Crippen LogP contribution in [0.2, 0.25) is 0 Å². The number of amides is 2. The van der Waals surface area contributed by atoms with Crippen molar-refractivity contribution in [1.82, 2.24) is 9.88 Å². The summed E-state index contributed by atoms with van der Waals surface area (Å²) in [6.07, 6.45) is 4.20. The van der Waals surface area contributed by atoms with E-state index in [2.05, 4.69) is 15.5 Å². The third kappa shape index (κ3) is 4.99. The van der Waals surface area contributed by atoms with E-state index in [1.54, 1.807) is 24.3 Å². The number of rotatable bonds is 6. The van der Waals surface area contributed by atoms with E-state index in [1.807, 2.05) is 47.9 Å². The number of carbonyl (C=O) groups is 2. The first kappa shape index (κ1) is 24.8. The Morgan fingerprint density at radius 3 is 2.77 bits per heavy atom. The molecule has 6 rings (SSSR count). The zero-order chi connectivity index (χ0) is 26.9. The summed E-state index contributed by atoms with van der Waals surface area (Å²) in [5.41, 5.74) is 3.82. The van der Waals surface area contributed by atoms with Crippen LogP contribution in [0.15, 0.2) is 65.5 Å². The van der Waals surface area contributed by atoms with Crippen molar-refractivity contribution in [3.8, 4) is 11.5 Å². The molecule has 2 aromatic carbocycles. The van der Waals surface area contributed by atoms with Gasteiger partial charge >= 0.3 is 0 Å². The van der Waals surface area contributed by atoms with Gasteiger partial charge in [0.25, 0.3) is 11.5 Å². The summed E-state index contributed by atoms with van der Waals surface area (Å²) in [5.74, 6) is 1.35. The summed E-state index contributed by atoms with van der Waals surface area (Å²) >= 11 is 0. The molecule has 0 saturated carbocycles. The number of nitrogens with zero attached hydrogens (tertiary/aromatic N) is 2. The molecule has 200 valence electrons. The summed E-state index contributed by atoms with van der Waals surface area (Å²) in [4.78, 5) is 40.3. The smallest absolute Gasteiger partial charge is 0.251 e. The Morgan fingerprint density at radius 2 is 1.90 bits per heavy atom. The van der Waals surface area contributed by atoms with Crippen LogP contribution in [0.1, 0.15) is 40.9 Å². The van der Waals surface area contributed by atoms with E-state index in [0.29, 0.717) is 41.8 Å². The van der Waals surface area contributed by atoms with Crippen molar-refractivity contribution in [2.45, 2.75) is 25.8 Å². The fraction of sp³-hybridized carbons (Fsp3) is 0.300. The molecule has 9 nitrogen and oxygen atoms in total. The highest BCUT2D eigenvalue weighted by atomic mass is 16.7. The predicted octanol–water partition coefficient (Wildman–Crippen LogP) is 3.60. The number of carbonyl (C=O) groups excluding carboxylic acids is 2. The van der Waals surface area contributed by atoms with Crippen LogP contribution >= 0.6 is 0 Å². The molecule has 2 amide bonds. The highest BCUT2D eigenvalue weighted by molar-refractivity contribution is 6.05. The van der Waals surface area contributed by atoms with Crippen molar-refractivity contribution in [3.63, 3.8) is 0 Å². The van der Waals surface area contributed by atoms with E-state index in [4.69, 9.17) is 9.47 Å². The molecule has 0 spiro atoms. The van der Waals surface area contributed by atoms with E-state index >= 15 is 0 Å². The predicted molar refractivity (Wildman–Crippen MR) is 148 cm³/mol. The Labute approximate surface area is 226 Å². The first-order chi connectivity index (χ1) is 19.0. The lowest BCUT2D eigenvalue weighted by Gasteiger charge is -2.44. The first-order valence-corrected chi connectivity index (χ1v) is 13.2. The van der Waals surface area contributed by atoms with E-state index < -0.39 is 0 Å². The Bertz CT molecular complexity index is 1530. The maximum atomic E-state index is 13.0. The number of hydrogen-bond donors (Lipinski definition) is 2. The van der Waals surface area contributed by atoms with Crippen LogP contribution in [-0.4, -0.2) is 42.8 Å². The maximum absolute atomic E-state index is 13.0. The number of anilines is 2. The van der Waals surface area contributed by atoms with Crippen molar-refractivity contribution in [2.24, 2.45) is 5.92 Å². The molecule has 2 bridgehead atoms. The third-order valence-electron chi connectivity index (χ3n) is 7.50. The summed E-state index contributed by atoms with van der Waals surface area (Å²) in [5, 5.41) is 5.83. The van der Waals surface area contributed by atoms with E-state index in [1.165, 1.54) is 6.08 Å². The zero-order valence-electron chi connectivity index (χ0n) is 21.7. The average Bonchev–Trinajstić information content (AvgIpc) is 3.41. The molecule has 39 heavy (non-hydrogen) atoms. The summed E-state index contributed by atoms with van der Waals surface area (Å²) in [7, 11) is 0. The van der Waals surface area contributed by atoms with Gasteiger partial charge in [-0.05, 0) is 67.3 Å². The minimum Gasteiger partial charge on any atom is -0.454 e. The topological polar surface area (TPSA) is 102 Å². The number of fused-ring (bicyclic) bond motifs is 5. The summed E-state index contributed by atoms with van der Waals surface area (Å²) in [6.45, 7) is 4.72. The normalized spacial score (nSPS) is 19.1. The molecule has 0 aliphatic carbocycles. The van der Waals surface area contributed by atoms with Crippen LogP contribution in [0.5, 0.6) is 11.5 Å². The second-order valence-electron chi connectivity index (χ2n) is 10.1. The van der Waals surface area contributed by atoms with Gasteiger partial charge in [-0.1, -0.05) is 12.1 Å². The van der Waals surface area contributed by atoms with Crippen LogP contribution in [0, 0.1) is 5.92 Å². The molecule has 4 heterocycles. The van der Waals surface area contributed by atoms with Crippen molar-refractivity contribution in [3.05, 3.63) is 87.8 Å². The molecule has 3 aromatic rings. The van der Waals surface area contributed by atoms with Gasteiger partial charge in [-0.2, -0.15) is 0 Å². The molecule has 1 fully saturated rings.